The minimum atomic E-state index is -2.92. The van der Waals surface area contributed by atoms with Crippen LogP contribution in [0.1, 0.15) is 44.0 Å². The highest BCUT2D eigenvalue weighted by atomic mass is 28.4. The molecule has 0 unspecified atom stereocenters. The molecule has 0 radical (unpaired) electrons. The lowest BCUT2D eigenvalue weighted by molar-refractivity contribution is 0.0179. The van der Waals surface area contributed by atoms with Crippen LogP contribution in [0.3, 0.4) is 0 Å². The van der Waals surface area contributed by atoms with Crippen LogP contribution in [0.5, 0.6) is 0 Å². The number of unbranched alkanes of at least 4 members (excludes halogenated alkanes) is 1. The first-order valence-electron chi connectivity index (χ1n) is 8.95. The van der Waals surface area contributed by atoms with Crippen molar-refractivity contribution >= 4 is 14.7 Å². The third-order valence-electron chi connectivity index (χ3n) is 3.73. The third-order valence-corrected chi connectivity index (χ3v) is 6.88. The summed E-state index contributed by atoms with van der Waals surface area (Å²) < 4.78 is 83.9. The maximum Gasteiger partial charge on any atom is 0.500 e. The summed E-state index contributed by atoms with van der Waals surface area (Å²) >= 11 is 0. The van der Waals surface area contributed by atoms with Crippen LogP contribution in [-0.2, 0) is 13.3 Å². The van der Waals surface area contributed by atoms with Crippen LogP contribution in [0.4, 0.5) is 22.0 Å². The summed E-state index contributed by atoms with van der Waals surface area (Å²) in [6.45, 7) is 6.03. The molecule has 160 valence electrons. The van der Waals surface area contributed by atoms with Crippen molar-refractivity contribution in [2.75, 3.05) is 26.4 Å². The lowest BCUT2D eigenvalue weighted by Gasteiger charge is -2.28. The highest BCUT2D eigenvalue weighted by molar-refractivity contribution is 6.60. The molecule has 0 N–H and O–H groups in total. The van der Waals surface area contributed by atoms with Crippen LogP contribution in [-0.4, -0.2) is 46.2 Å². The minimum Gasteiger partial charge on any atom is -0.374 e. The Kier molecular flexibility index (Phi) is 10.0. The monoisotopic (exact) mass is 429 g/mol. The zero-order chi connectivity index (χ0) is 21.3. The van der Waals surface area contributed by atoms with Gasteiger partial charge in [-0.1, -0.05) is 4.48 Å². The zero-order valence-corrected chi connectivity index (χ0v) is 17.0. The quantitative estimate of drug-likeness (QED) is 0.123. The van der Waals surface area contributed by atoms with Gasteiger partial charge in [-0.05, 0) is 39.7 Å². The van der Waals surface area contributed by atoms with Crippen molar-refractivity contribution in [3.05, 3.63) is 34.9 Å². The molecule has 11 heteroatoms. The number of hydrogen-bond donors (Lipinski definition) is 0. The van der Waals surface area contributed by atoms with Crippen molar-refractivity contribution < 1.29 is 40.1 Å². The van der Waals surface area contributed by atoms with Gasteiger partial charge in [-0.25, -0.2) is 17.6 Å². The fourth-order valence-corrected chi connectivity index (χ4v) is 5.24. The summed E-state index contributed by atoms with van der Waals surface area (Å²) in [5.74, 6) is -9.56. The first-order valence-corrected chi connectivity index (χ1v) is 10.9. The number of benzene rings is 1. The van der Waals surface area contributed by atoms with Gasteiger partial charge in [-0.2, -0.15) is 5.12 Å². The summed E-state index contributed by atoms with van der Waals surface area (Å²) in [6, 6.07) is 0.499. The Morgan fingerprint density at radius 2 is 1.46 bits per heavy atom. The van der Waals surface area contributed by atoms with Crippen LogP contribution in [0.2, 0.25) is 6.04 Å². The van der Waals surface area contributed by atoms with Gasteiger partial charge in [-0.3, -0.25) is 4.79 Å². The Bertz CT molecular complexity index is 648. The van der Waals surface area contributed by atoms with Gasteiger partial charge in [0, 0.05) is 25.9 Å². The first-order chi connectivity index (χ1) is 13.2. The van der Waals surface area contributed by atoms with E-state index >= 15 is 0 Å². The van der Waals surface area contributed by atoms with Crippen LogP contribution in [0, 0.1) is 23.3 Å². The van der Waals surface area contributed by atoms with E-state index in [2.05, 4.69) is 0 Å². The summed E-state index contributed by atoms with van der Waals surface area (Å²) in [4.78, 5) is 11.9. The number of hydrogen-bond acceptors (Lipinski definition) is 4. The molecule has 1 aromatic rings. The van der Waals surface area contributed by atoms with E-state index in [4.69, 9.17) is 13.3 Å². The van der Waals surface area contributed by atoms with Gasteiger partial charge >= 0.3 is 8.80 Å². The van der Waals surface area contributed by atoms with Gasteiger partial charge in [0.25, 0.3) is 5.91 Å². The highest BCUT2D eigenvalue weighted by Crippen LogP contribution is 2.22. The van der Waals surface area contributed by atoms with Crippen LogP contribution in [0.15, 0.2) is 6.07 Å². The topological polar surface area (TPSA) is 48.0 Å². The second kappa shape index (κ2) is 11.4. The lowest BCUT2D eigenvalue weighted by Crippen LogP contribution is -2.46. The number of carbonyl (C=O) groups excluding carboxylic acids is 1. The largest absolute Gasteiger partial charge is 0.500 e. The average molecular weight is 429 g/mol. The van der Waals surface area contributed by atoms with Crippen molar-refractivity contribution in [3.63, 3.8) is 0 Å². The fourth-order valence-electron chi connectivity index (χ4n) is 2.55. The van der Waals surface area contributed by atoms with E-state index in [-0.39, 0.29) is 17.6 Å². The predicted octanol–water partition coefficient (Wildman–Crippen LogP) is 4.40. The van der Waals surface area contributed by atoms with E-state index in [9.17, 15) is 26.8 Å². The predicted molar refractivity (Wildman–Crippen MR) is 93.1 cm³/mol. The molecule has 0 aliphatic heterocycles. The molecule has 0 heterocycles. The van der Waals surface area contributed by atoms with Gasteiger partial charge in [0.2, 0.25) is 0 Å². The normalized spacial score (nSPS) is 11.7. The molecule has 0 aliphatic carbocycles. The number of halogens is 5. The van der Waals surface area contributed by atoms with E-state index in [1.165, 1.54) is 0 Å². The molecular weight excluding hydrogens is 405 g/mol. The highest BCUT2D eigenvalue weighted by Gasteiger charge is 2.39. The molecular formula is C17H24F5NO4Si. The van der Waals surface area contributed by atoms with Crippen LogP contribution < -0.4 is 0 Å². The van der Waals surface area contributed by atoms with E-state index in [0.29, 0.717) is 32.3 Å². The van der Waals surface area contributed by atoms with Gasteiger partial charge in [0.1, 0.15) is 0 Å². The molecule has 5 nitrogen and oxygen atoms in total. The van der Waals surface area contributed by atoms with E-state index in [1.54, 1.807) is 20.8 Å². The average Bonchev–Trinajstić information content (AvgIpc) is 2.66. The Morgan fingerprint density at radius 3 is 1.96 bits per heavy atom. The van der Waals surface area contributed by atoms with Crippen LogP contribution >= 0.6 is 0 Å². The molecule has 0 atom stereocenters. The molecule has 1 aromatic carbocycles. The molecule has 0 spiro atoms. The molecule has 1 rings (SSSR count). The first kappa shape index (κ1) is 24.5. The summed E-state index contributed by atoms with van der Waals surface area (Å²) in [6.07, 6.45) is 0.506. The Balaban J connectivity index is 2.69. The second-order valence-corrected chi connectivity index (χ2v) is 8.41. The Hall–Kier alpha value is -1.56. The molecule has 0 aromatic heterocycles. The number of amides is 1. The van der Waals surface area contributed by atoms with Crippen molar-refractivity contribution in [2.24, 2.45) is 0 Å². The smallest absolute Gasteiger partial charge is 0.374 e. The van der Waals surface area contributed by atoms with Crippen molar-refractivity contribution in [1.82, 2.24) is 5.12 Å². The maximum atomic E-state index is 14.0. The van der Waals surface area contributed by atoms with Gasteiger partial charge in [0.05, 0.1) is 12.1 Å². The standard InChI is InChI=1S/C17H24F5NO4Si/c1-4-25-28(26-5-2,27-6-3)10-8-7-9-23(22)17(24)12-11-13(18)15(20)16(21)14(12)19/h11H,4-10H2,1-3H3. The van der Waals surface area contributed by atoms with Crippen LogP contribution in [0.25, 0.3) is 0 Å². The van der Waals surface area contributed by atoms with Crippen molar-refractivity contribution in [1.29, 1.82) is 0 Å². The minimum absolute atomic E-state index is 0.125. The number of rotatable bonds is 12. The van der Waals surface area contributed by atoms with E-state index in [0.717, 1.165) is 0 Å². The van der Waals surface area contributed by atoms with E-state index in [1.807, 2.05) is 0 Å². The number of nitrogens with zero attached hydrogens (tertiary/aromatic N) is 1. The van der Waals surface area contributed by atoms with E-state index < -0.39 is 50.1 Å². The maximum absolute atomic E-state index is 14.0. The molecule has 0 fully saturated rings. The van der Waals surface area contributed by atoms with Crippen molar-refractivity contribution in [2.45, 2.75) is 39.7 Å². The molecule has 0 saturated heterocycles. The SMILES string of the molecule is CCO[Si](CCCCN(F)C(=O)c1cc(F)c(F)c(F)c1F)(OCC)OCC. The Labute approximate surface area is 161 Å². The lowest BCUT2D eigenvalue weighted by atomic mass is 10.1. The molecule has 28 heavy (non-hydrogen) atoms. The molecule has 0 bridgehead atoms. The summed E-state index contributed by atoms with van der Waals surface area (Å²) in [5.41, 5.74) is -1.22. The number of carbonyl (C=O) groups is 1. The van der Waals surface area contributed by atoms with Gasteiger partial charge in [0.15, 0.2) is 23.3 Å². The van der Waals surface area contributed by atoms with Gasteiger partial charge in [-0.15, -0.1) is 0 Å². The zero-order valence-electron chi connectivity index (χ0n) is 16.0. The Morgan fingerprint density at radius 1 is 0.929 bits per heavy atom. The molecule has 0 saturated carbocycles. The fraction of sp³-hybridized carbons (Fsp3) is 0.588. The van der Waals surface area contributed by atoms with Crippen molar-refractivity contribution in [3.8, 4) is 0 Å². The summed E-state index contributed by atoms with van der Waals surface area (Å²) in [7, 11) is -2.92. The summed E-state index contributed by atoms with van der Waals surface area (Å²) in [5, 5.41) is -0.375. The third kappa shape index (κ3) is 6.22. The second-order valence-electron chi connectivity index (χ2n) is 5.68. The van der Waals surface area contributed by atoms with Gasteiger partial charge < -0.3 is 13.3 Å². The molecule has 1 amide bonds. The molecule has 0 aliphatic rings.